The van der Waals surface area contributed by atoms with Crippen LogP contribution in [0, 0.1) is 0 Å². The van der Waals surface area contributed by atoms with Crippen molar-refractivity contribution in [2.24, 2.45) is 0 Å². The van der Waals surface area contributed by atoms with Crippen LogP contribution >= 0.6 is 0 Å². The number of aromatic nitrogens is 1. The van der Waals surface area contributed by atoms with E-state index in [9.17, 15) is 0 Å². The van der Waals surface area contributed by atoms with Crippen molar-refractivity contribution in [3.8, 4) is 0 Å². The molecule has 0 amide bonds. The molecule has 2 aromatic carbocycles. The Morgan fingerprint density at radius 3 is 1.86 bits per heavy atom. The molecule has 146 valence electrons. The van der Waals surface area contributed by atoms with E-state index in [1.165, 1.54) is 11.1 Å². The van der Waals surface area contributed by atoms with Gasteiger partial charge in [0, 0.05) is 32.0 Å². The second kappa shape index (κ2) is 9.78. The van der Waals surface area contributed by atoms with Crippen molar-refractivity contribution in [3.05, 3.63) is 102 Å². The Balaban J connectivity index is 1.83. The highest BCUT2D eigenvalue weighted by molar-refractivity contribution is 6.69. The molecule has 3 aromatic rings. The molecule has 1 unspecified atom stereocenters. The highest BCUT2D eigenvalue weighted by Gasteiger charge is 2.25. The first-order valence-electron chi connectivity index (χ1n) is 9.87. The average Bonchev–Trinajstić information content (AvgIpc) is 2.69. The standard InChI is InChI=1S/C24H30N2OSi/c1-28(2,3)27-24(23-15-10-16-25-17-23)20-26(18-21-11-6-4-7-12-21)19-22-13-8-5-9-14-22/h4-17,24H,18-20H2,1-3H3. The van der Waals surface area contributed by atoms with Gasteiger partial charge in [-0.25, -0.2) is 0 Å². The first kappa shape index (κ1) is 20.5. The third-order valence-electron chi connectivity index (χ3n) is 4.47. The molecule has 0 spiro atoms. The third-order valence-corrected chi connectivity index (χ3v) is 5.47. The molecule has 0 radical (unpaired) electrons. The summed E-state index contributed by atoms with van der Waals surface area (Å²) in [7, 11) is -1.71. The lowest BCUT2D eigenvalue weighted by Gasteiger charge is -2.32. The maximum absolute atomic E-state index is 6.59. The molecule has 4 heteroatoms. The Morgan fingerprint density at radius 1 is 0.821 bits per heavy atom. The van der Waals surface area contributed by atoms with Crippen molar-refractivity contribution < 1.29 is 4.43 Å². The number of hydrogen-bond donors (Lipinski definition) is 0. The van der Waals surface area contributed by atoms with Crippen LogP contribution in [0.5, 0.6) is 0 Å². The molecule has 28 heavy (non-hydrogen) atoms. The lowest BCUT2D eigenvalue weighted by atomic mass is 10.1. The lowest BCUT2D eigenvalue weighted by molar-refractivity contribution is 0.118. The second-order valence-electron chi connectivity index (χ2n) is 8.15. The largest absolute Gasteiger partial charge is 0.409 e. The third kappa shape index (κ3) is 6.71. The molecule has 1 heterocycles. The summed E-state index contributed by atoms with van der Waals surface area (Å²) in [5.41, 5.74) is 3.78. The fourth-order valence-electron chi connectivity index (χ4n) is 3.31. The van der Waals surface area contributed by atoms with Crippen molar-refractivity contribution in [2.45, 2.75) is 38.8 Å². The number of benzene rings is 2. The van der Waals surface area contributed by atoms with Crippen LogP contribution in [0.1, 0.15) is 22.8 Å². The molecule has 0 bridgehead atoms. The Kier molecular flexibility index (Phi) is 7.15. The zero-order valence-electron chi connectivity index (χ0n) is 17.1. The van der Waals surface area contributed by atoms with Gasteiger partial charge in [-0.1, -0.05) is 66.7 Å². The van der Waals surface area contributed by atoms with Gasteiger partial charge in [0.1, 0.15) is 0 Å². The molecule has 0 aliphatic heterocycles. The zero-order chi connectivity index (χ0) is 19.8. The van der Waals surface area contributed by atoms with E-state index in [4.69, 9.17) is 4.43 Å². The van der Waals surface area contributed by atoms with E-state index in [-0.39, 0.29) is 6.10 Å². The van der Waals surface area contributed by atoms with E-state index in [0.29, 0.717) is 0 Å². The smallest absolute Gasteiger partial charge is 0.184 e. The van der Waals surface area contributed by atoms with Crippen LogP contribution < -0.4 is 0 Å². The molecule has 3 rings (SSSR count). The average molecular weight is 391 g/mol. The van der Waals surface area contributed by atoms with Crippen LogP contribution in [-0.4, -0.2) is 24.7 Å². The Morgan fingerprint density at radius 2 is 1.39 bits per heavy atom. The first-order chi connectivity index (χ1) is 13.5. The normalized spacial score (nSPS) is 12.9. The predicted molar refractivity (Wildman–Crippen MR) is 118 cm³/mol. The first-order valence-corrected chi connectivity index (χ1v) is 13.3. The minimum Gasteiger partial charge on any atom is -0.409 e. The van der Waals surface area contributed by atoms with Crippen LogP contribution in [0.2, 0.25) is 19.6 Å². The second-order valence-corrected chi connectivity index (χ2v) is 12.6. The number of rotatable bonds is 9. The van der Waals surface area contributed by atoms with E-state index in [2.05, 4.69) is 96.3 Å². The SMILES string of the molecule is C[Si](C)(C)OC(CN(Cc1ccccc1)Cc1ccccc1)c1cccnc1. The van der Waals surface area contributed by atoms with Crippen LogP contribution in [0.25, 0.3) is 0 Å². The number of nitrogens with zero attached hydrogens (tertiary/aromatic N) is 2. The molecule has 0 aliphatic carbocycles. The summed E-state index contributed by atoms with van der Waals surface area (Å²) >= 11 is 0. The summed E-state index contributed by atoms with van der Waals surface area (Å²) in [5.74, 6) is 0. The molecule has 0 N–H and O–H groups in total. The van der Waals surface area contributed by atoms with E-state index in [1.54, 1.807) is 0 Å². The lowest BCUT2D eigenvalue weighted by Crippen LogP contribution is -2.35. The fraction of sp³-hybridized carbons (Fsp3) is 0.292. The fourth-order valence-corrected chi connectivity index (χ4v) is 4.37. The van der Waals surface area contributed by atoms with Gasteiger partial charge in [0.2, 0.25) is 0 Å². The summed E-state index contributed by atoms with van der Waals surface area (Å²) < 4.78 is 6.59. The van der Waals surface area contributed by atoms with Crippen LogP contribution in [0.3, 0.4) is 0 Å². The van der Waals surface area contributed by atoms with Gasteiger partial charge in [-0.05, 0) is 42.4 Å². The maximum Gasteiger partial charge on any atom is 0.184 e. The van der Waals surface area contributed by atoms with Gasteiger partial charge in [0.05, 0.1) is 6.10 Å². The van der Waals surface area contributed by atoms with Crippen LogP contribution in [0.4, 0.5) is 0 Å². The number of hydrogen-bond acceptors (Lipinski definition) is 3. The van der Waals surface area contributed by atoms with Crippen molar-refractivity contribution in [1.82, 2.24) is 9.88 Å². The van der Waals surface area contributed by atoms with Gasteiger partial charge in [0.15, 0.2) is 8.32 Å². The Bertz CT molecular complexity index is 778. The maximum atomic E-state index is 6.59. The molecule has 0 fully saturated rings. The Hall–Kier alpha value is -2.27. The molecular weight excluding hydrogens is 360 g/mol. The summed E-state index contributed by atoms with van der Waals surface area (Å²) in [6.45, 7) is 9.35. The number of pyridine rings is 1. The van der Waals surface area contributed by atoms with Gasteiger partial charge >= 0.3 is 0 Å². The molecule has 3 nitrogen and oxygen atoms in total. The van der Waals surface area contributed by atoms with Gasteiger partial charge in [-0.2, -0.15) is 0 Å². The van der Waals surface area contributed by atoms with Crippen LogP contribution in [-0.2, 0) is 17.5 Å². The summed E-state index contributed by atoms with van der Waals surface area (Å²) in [6, 6.07) is 25.4. The van der Waals surface area contributed by atoms with Crippen molar-refractivity contribution >= 4 is 8.32 Å². The quantitative estimate of drug-likeness (QED) is 0.440. The van der Waals surface area contributed by atoms with E-state index in [0.717, 1.165) is 25.2 Å². The molecule has 0 aliphatic rings. The minimum atomic E-state index is -1.71. The van der Waals surface area contributed by atoms with Crippen molar-refractivity contribution in [3.63, 3.8) is 0 Å². The molecule has 0 saturated carbocycles. The zero-order valence-corrected chi connectivity index (χ0v) is 18.1. The van der Waals surface area contributed by atoms with Crippen molar-refractivity contribution in [1.29, 1.82) is 0 Å². The van der Waals surface area contributed by atoms with Gasteiger partial charge in [0.25, 0.3) is 0 Å². The van der Waals surface area contributed by atoms with E-state index < -0.39 is 8.32 Å². The van der Waals surface area contributed by atoms with Gasteiger partial charge in [-0.15, -0.1) is 0 Å². The Labute approximate surface area is 170 Å². The molecule has 1 aromatic heterocycles. The summed E-state index contributed by atoms with van der Waals surface area (Å²) in [6.07, 6.45) is 3.78. The highest BCUT2D eigenvalue weighted by atomic mass is 28.4. The van der Waals surface area contributed by atoms with Crippen molar-refractivity contribution in [2.75, 3.05) is 6.54 Å². The monoisotopic (exact) mass is 390 g/mol. The highest BCUT2D eigenvalue weighted by Crippen LogP contribution is 2.24. The van der Waals surface area contributed by atoms with Gasteiger partial charge < -0.3 is 4.43 Å². The topological polar surface area (TPSA) is 25.4 Å². The molecular formula is C24H30N2OSi. The van der Waals surface area contributed by atoms with E-state index >= 15 is 0 Å². The van der Waals surface area contributed by atoms with Gasteiger partial charge in [-0.3, -0.25) is 9.88 Å². The minimum absolute atomic E-state index is 0.0211. The summed E-state index contributed by atoms with van der Waals surface area (Å²) in [4.78, 5) is 6.80. The predicted octanol–water partition coefficient (Wildman–Crippen LogP) is 5.68. The summed E-state index contributed by atoms with van der Waals surface area (Å²) in [5, 5.41) is 0. The molecule has 0 saturated heterocycles. The molecule has 1 atom stereocenters. The van der Waals surface area contributed by atoms with E-state index in [1.807, 2.05) is 18.5 Å². The van der Waals surface area contributed by atoms with Crippen LogP contribution in [0.15, 0.2) is 85.2 Å².